The molecule has 2 aromatic heterocycles. The zero-order valence-electron chi connectivity index (χ0n) is 15.0. The van der Waals surface area contributed by atoms with Crippen LogP contribution in [0.25, 0.3) is 0 Å². The number of amides is 2. The molecular formula is C19H24N4O2S. The van der Waals surface area contributed by atoms with Gasteiger partial charge in [0, 0.05) is 48.4 Å². The van der Waals surface area contributed by atoms with E-state index in [1.807, 2.05) is 17.3 Å². The van der Waals surface area contributed by atoms with Crippen LogP contribution in [0.15, 0.2) is 30.0 Å². The van der Waals surface area contributed by atoms with Gasteiger partial charge in [0.25, 0.3) is 5.91 Å². The normalized spacial score (nSPS) is 15.0. The summed E-state index contributed by atoms with van der Waals surface area (Å²) in [5, 5.41) is 3.04. The van der Waals surface area contributed by atoms with Crippen molar-refractivity contribution in [3.8, 4) is 0 Å². The number of piperidine rings is 1. The van der Waals surface area contributed by atoms with E-state index in [2.05, 4.69) is 15.3 Å². The van der Waals surface area contributed by atoms with Crippen LogP contribution in [-0.4, -0.2) is 46.3 Å². The van der Waals surface area contributed by atoms with Gasteiger partial charge >= 0.3 is 0 Å². The molecule has 7 heteroatoms. The second-order valence-electron chi connectivity index (χ2n) is 6.56. The van der Waals surface area contributed by atoms with Crippen molar-refractivity contribution >= 4 is 23.2 Å². The van der Waals surface area contributed by atoms with Gasteiger partial charge in [0.05, 0.1) is 11.2 Å². The van der Waals surface area contributed by atoms with E-state index < -0.39 is 0 Å². The summed E-state index contributed by atoms with van der Waals surface area (Å²) in [6, 6.07) is 3.46. The predicted octanol–water partition coefficient (Wildman–Crippen LogP) is 2.45. The van der Waals surface area contributed by atoms with Crippen molar-refractivity contribution in [2.45, 2.75) is 32.6 Å². The molecule has 1 aliphatic heterocycles. The van der Waals surface area contributed by atoms with Crippen LogP contribution in [0.3, 0.4) is 0 Å². The Balaban J connectivity index is 1.38. The molecule has 0 bridgehead atoms. The van der Waals surface area contributed by atoms with Crippen molar-refractivity contribution in [1.29, 1.82) is 0 Å². The van der Waals surface area contributed by atoms with E-state index in [0.29, 0.717) is 25.2 Å². The third-order valence-corrected chi connectivity index (χ3v) is 5.80. The standard InChI is InChI=1S/C19H24N4O2S/c1-14-17(26-13-22-14)3-2-8-21-18(24)15-6-11-23(12-7-15)19(25)16-4-9-20-10-5-16/h4-5,9-10,13,15H,2-3,6-8,11-12H2,1H3,(H,21,24). The smallest absolute Gasteiger partial charge is 0.253 e. The van der Waals surface area contributed by atoms with Crippen molar-refractivity contribution in [2.24, 2.45) is 5.92 Å². The first-order valence-corrected chi connectivity index (χ1v) is 9.89. The van der Waals surface area contributed by atoms with Crippen molar-refractivity contribution in [2.75, 3.05) is 19.6 Å². The first-order valence-electron chi connectivity index (χ1n) is 9.01. The maximum absolute atomic E-state index is 12.4. The van der Waals surface area contributed by atoms with Crippen molar-refractivity contribution in [3.05, 3.63) is 46.2 Å². The summed E-state index contributed by atoms with van der Waals surface area (Å²) in [6.07, 6.45) is 6.57. The van der Waals surface area contributed by atoms with Gasteiger partial charge in [-0.1, -0.05) is 0 Å². The van der Waals surface area contributed by atoms with Gasteiger partial charge in [0.1, 0.15) is 0 Å². The first kappa shape index (κ1) is 18.5. The van der Waals surface area contributed by atoms with E-state index in [1.54, 1.807) is 35.9 Å². The van der Waals surface area contributed by atoms with Crippen molar-refractivity contribution in [1.82, 2.24) is 20.2 Å². The third kappa shape index (κ3) is 4.66. The van der Waals surface area contributed by atoms with Crippen LogP contribution < -0.4 is 5.32 Å². The van der Waals surface area contributed by atoms with Gasteiger partial charge < -0.3 is 10.2 Å². The summed E-state index contributed by atoms with van der Waals surface area (Å²) >= 11 is 1.67. The molecule has 1 N–H and O–H groups in total. The molecule has 0 atom stereocenters. The summed E-state index contributed by atoms with van der Waals surface area (Å²) in [7, 11) is 0. The minimum Gasteiger partial charge on any atom is -0.356 e. The van der Waals surface area contributed by atoms with Gasteiger partial charge in [-0.05, 0) is 44.7 Å². The monoisotopic (exact) mass is 372 g/mol. The van der Waals surface area contributed by atoms with E-state index in [4.69, 9.17) is 0 Å². The maximum Gasteiger partial charge on any atom is 0.253 e. The highest BCUT2D eigenvalue weighted by molar-refractivity contribution is 7.09. The Labute approximate surface area is 157 Å². The van der Waals surface area contributed by atoms with Crippen LogP contribution in [0, 0.1) is 12.8 Å². The fraction of sp³-hybridized carbons (Fsp3) is 0.474. The lowest BCUT2D eigenvalue weighted by Gasteiger charge is -2.31. The Morgan fingerprint density at radius 2 is 2.00 bits per heavy atom. The number of hydrogen-bond acceptors (Lipinski definition) is 5. The SMILES string of the molecule is Cc1ncsc1CCCNC(=O)C1CCN(C(=O)c2ccncc2)CC1. The number of nitrogens with zero attached hydrogens (tertiary/aromatic N) is 3. The summed E-state index contributed by atoms with van der Waals surface area (Å²) in [6.45, 7) is 3.95. The molecule has 2 amide bonds. The Bertz CT molecular complexity index is 739. The highest BCUT2D eigenvalue weighted by Crippen LogP contribution is 2.19. The van der Waals surface area contributed by atoms with Gasteiger partial charge in [-0.3, -0.25) is 14.6 Å². The third-order valence-electron chi connectivity index (χ3n) is 4.80. The van der Waals surface area contributed by atoms with Gasteiger partial charge in [0.15, 0.2) is 0 Å². The van der Waals surface area contributed by atoms with Gasteiger partial charge in [-0.25, -0.2) is 4.98 Å². The molecule has 0 aliphatic carbocycles. The molecule has 26 heavy (non-hydrogen) atoms. The molecule has 1 aliphatic rings. The number of thiazole rings is 1. The summed E-state index contributed by atoms with van der Waals surface area (Å²) < 4.78 is 0. The van der Waals surface area contributed by atoms with E-state index in [0.717, 1.165) is 31.4 Å². The second kappa shape index (κ2) is 8.89. The average Bonchev–Trinajstić information content (AvgIpc) is 3.10. The Kier molecular flexibility index (Phi) is 6.33. The van der Waals surface area contributed by atoms with Crippen LogP contribution >= 0.6 is 11.3 Å². The molecule has 138 valence electrons. The number of carbonyl (C=O) groups is 2. The lowest BCUT2D eigenvalue weighted by Crippen LogP contribution is -2.43. The fourth-order valence-electron chi connectivity index (χ4n) is 3.19. The van der Waals surface area contributed by atoms with E-state index >= 15 is 0 Å². The van der Waals surface area contributed by atoms with Crippen LogP contribution in [0.2, 0.25) is 0 Å². The number of aryl methyl sites for hydroxylation is 2. The van der Waals surface area contributed by atoms with Gasteiger partial charge in [-0.2, -0.15) is 0 Å². The van der Waals surface area contributed by atoms with E-state index in [9.17, 15) is 9.59 Å². The van der Waals surface area contributed by atoms with Crippen LogP contribution in [0.1, 0.15) is 40.2 Å². The Morgan fingerprint density at radius 1 is 1.27 bits per heavy atom. The maximum atomic E-state index is 12.4. The van der Waals surface area contributed by atoms with Crippen LogP contribution in [0.4, 0.5) is 0 Å². The minimum absolute atomic E-state index is 0.00151. The molecule has 0 aromatic carbocycles. The highest BCUT2D eigenvalue weighted by atomic mass is 32.1. The summed E-state index contributed by atoms with van der Waals surface area (Å²) in [4.78, 5) is 36.1. The lowest BCUT2D eigenvalue weighted by atomic mass is 9.95. The molecule has 1 saturated heterocycles. The topological polar surface area (TPSA) is 75.2 Å². The molecule has 3 heterocycles. The van der Waals surface area contributed by atoms with Gasteiger partial charge in [0.2, 0.25) is 5.91 Å². The van der Waals surface area contributed by atoms with Crippen LogP contribution in [0.5, 0.6) is 0 Å². The predicted molar refractivity (Wildman–Crippen MR) is 101 cm³/mol. The number of aromatic nitrogens is 2. The quantitative estimate of drug-likeness (QED) is 0.791. The Hall–Kier alpha value is -2.28. The molecule has 3 rings (SSSR count). The number of carbonyl (C=O) groups excluding carboxylic acids is 2. The molecule has 2 aromatic rings. The molecule has 0 spiro atoms. The van der Waals surface area contributed by atoms with E-state index in [-0.39, 0.29) is 17.7 Å². The molecule has 0 unspecified atom stereocenters. The van der Waals surface area contributed by atoms with Crippen LogP contribution in [-0.2, 0) is 11.2 Å². The molecule has 1 fully saturated rings. The van der Waals surface area contributed by atoms with Crippen molar-refractivity contribution in [3.63, 3.8) is 0 Å². The number of pyridine rings is 1. The van der Waals surface area contributed by atoms with E-state index in [1.165, 1.54) is 4.88 Å². The first-order chi connectivity index (χ1) is 12.6. The Morgan fingerprint density at radius 3 is 2.65 bits per heavy atom. The molecule has 0 radical (unpaired) electrons. The van der Waals surface area contributed by atoms with Gasteiger partial charge in [-0.15, -0.1) is 11.3 Å². The van der Waals surface area contributed by atoms with Crippen molar-refractivity contribution < 1.29 is 9.59 Å². The molecular weight excluding hydrogens is 348 g/mol. The number of likely N-dealkylation sites (tertiary alicyclic amines) is 1. The fourth-order valence-corrected chi connectivity index (χ4v) is 4.02. The summed E-state index contributed by atoms with van der Waals surface area (Å²) in [5.74, 6) is 0.134. The molecule has 6 nitrogen and oxygen atoms in total. The largest absolute Gasteiger partial charge is 0.356 e. The number of hydrogen-bond donors (Lipinski definition) is 1. The highest BCUT2D eigenvalue weighted by Gasteiger charge is 2.27. The zero-order chi connectivity index (χ0) is 18.4. The molecule has 0 saturated carbocycles. The number of rotatable bonds is 6. The zero-order valence-corrected chi connectivity index (χ0v) is 15.8. The average molecular weight is 372 g/mol. The second-order valence-corrected chi connectivity index (χ2v) is 7.50. The summed E-state index contributed by atoms with van der Waals surface area (Å²) in [5.41, 5.74) is 3.61. The minimum atomic E-state index is 0.00151. The number of nitrogens with one attached hydrogen (secondary N) is 1. The lowest BCUT2D eigenvalue weighted by molar-refractivity contribution is -0.126.